The Labute approximate surface area is 122 Å². The predicted molar refractivity (Wildman–Crippen MR) is 83.2 cm³/mol. The van der Waals surface area contributed by atoms with Crippen molar-refractivity contribution < 1.29 is 9.47 Å². The maximum atomic E-state index is 5.38. The molecule has 2 heterocycles. The summed E-state index contributed by atoms with van der Waals surface area (Å²) in [5.41, 5.74) is 3.16. The van der Waals surface area contributed by atoms with Crippen molar-refractivity contribution >= 4 is 23.1 Å². The van der Waals surface area contributed by atoms with Gasteiger partial charge in [0, 0.05) is 11.6 Å². The second kappa shape index (κ2) is 4.94. The molecule has 4 rings (SSSR count). The van der Waals surface area contributed by atoms with Gasteiger partial charge in [-0.3, -0.25) is 4.98 Å². The first-order chi connectivity index (χ1) is 10.4. The molecule has 0 aliphatic carbocycles. The smallest absolute Gasteiger partial charge is 0.231 e. The Morgan fingerprint density at radius 1 is 0.857 bits per heavy atom. The molecule has 2 aromatic carbocycles. The highest BCUT2D eigenvalue weighted by atomic mass is 16.7. The lowest BCUT2D eigenvalue weighted by Gasteiger charge is -1.99. The topological polar surface area (TPSA) is 31.4 Å². The van der Waals surface area contributed by atoms with Gasteiger partial charge in [0.2, 0.25) is 6.79 Å². The van der Waals surface area contributed by atoms with Crippen molar-refractivity contribution in [2.75, 3.05) is 6.79 Å². The standard InChI is InChI=1S/C18H13NO2/c1-2-4-16-15(3-1)9-14(11-19-16)6-5-13-7-8-17-18(10-13)21-12-20-17/h1-11H,12H2/b6-5+. The zero-order valence-electron chi connectivity index (χ0n) is 11.3. The van der Waals surface area contributed by atoms with Gasteiger partial charge in [0.25, 0.3) is 0 Å². The van der Waals surface area contributed by atoms with Gasteiger partial charge >= 0.3 is 0 Å². The number of pyridine rings is 1. The van der Waals surface area contributed by atoms with Gasteiger partial charge in [-0.1, -0.05) is 36.4 Å². The van der Waals surface area contributed by atoms with Crippen LogP contribution in [0.3, 0.4) is 0 Å². The Balaban J connectivity index is 1.64. The molecule has 3 heteroatoms. The van der Waals surface area contributed by atoms with E-state index < -0.39 is 0 Å². The Morgan fingerprint density at radius 2 is 1.71 bits per heavy atom. The van der Waals surface area contributed by atoms with Crippen LogP contribution in [0.4, 0.5) is 0 Å². The number of para-hydroxylation sites is 1. The lowest BCUT2D eigenvalue weighted by atomic mass is 10.1. The monoisotopic (exact) mass is 275 g/mol. The van der Waals surface area contributed by atoms with Crippen molar-refractivity contribution in [3.8, 4) is 11.5 Å². The molecule has 0 bridgehead atoms. The summed E-state index contributed by atoms with van der Waals surface area (Å²) in [6.45, 7) is 0.303. The van der Waals surface area contributed by atoms with Gasteiger partial charge in [-0.2, -0.15) is 0 Å². The molecule has 0 N–H and O–H groups in total. The second-order valence-electron chi connectivity index (χ2n) is 4.91. The van der Waals surface area contributed by atoms with E-state index in [2.05, 4.69) is 23.2 Å². The minimum atomic E-state index is 0.303. The van der Waals surface area contributed by atoms with E-state index in [4.69, 9.17) is 9.47 Å². The summed E-state index contributed by atoms with van der Waals surface area (Å²) in [5, 5.41) is 1.14. The normalized spacial score (nSPS) is 13.1. The SMILES string of the molecule is C(=C\c1cnc2ccccc2c1)/c1ccc2c(c1)OCO2. The molecule has 3 aromatic rings. The molecule has 0 radical (unpaired) electrons. The molecule has 3 nitrogen and oxygen atoms in total. The van der Waals surface area contributed by atoms with Crippen molar-refractivity contribution in [1.29, 1.82) is 0 Å². The van der Waals surface area contributed by atoms with Gasteiger partial charge in [0.1, 0.15) is 0 Å². The number of nitrogens with zero attached hydrogens (tertiary/aromatic N) is 1. The van der Waals surface area contributed by atoms with Crippen LogP contribution in [0, 0.1) is 0 Å². The van der Waals surface area contributed by atoms with Crippen LogP contribution in [0.25, 0.3) is 23.1 Å². The molecular weight excluding hydrogens is 262 g/mol. The zero-order chi connectivity index (χ0) is 14.1. The van der Waals surface area contributed by atoms with E-state index in [9.17, 15) is 0 Å². The molecule has 0 saturated heterocycles. The second-order valence-corrected chi connectivity index (χ2v) is 4.91. The van der Waals surface area contributed by atoms with E-state index in [-0.39, 0.29) is 0 Å². The summed E-state index contributed by atoms with van der Waals surface area (Å²) < 4.78 is 10.7. The summed E-state index contributed by atoms with van der Waals surface area (Å²) in [6.07, 6.45) is 5.98. The van der Waals surface area contributed by atoms with E-state index in [1.165, 1.54) is 0 Å². The summed E-state index contributed by atoms with van der Waals surface area (Å²) in [5.74, 6) is 1.60. The average Bonchev–Trinajstić information content (AvgIpc) is 3.00. The first-order valence-electron chi connectivity index (χ1n) is 6.81. The Bertz CT molecular complexity index is 839. The van der Waals surface area contributed by atoms with Crippen LogP contribution in [-0.4, -0.2) is 11.8 Å². The molecule has 0 saturated carbocycles. The predicted octanol–water partition coefficient (Wildman–Crippen LogP) is 4.13. The fourth-order valence-corrected chi connectivity index (χ4v) is 2.39. The van der Waals surface area contributed by atoms with Crippen molar-refractivity contribution in [2.45, 2.75) is 0 Å². The Kier molecular flexibility index (Phi) is 2.82. The van der Waals surface area contributed by atoms with E-state index in [1.807, 2.05) is 48.7 Å². The van der Waals surface area contributed by atoms with Crippen molar-refractivity contribution in [2.24, 2.45) is 0 Å². The van der Waals surface area contributed by atoms with E-state index in [0.29, 0.717) is 6.79 Å². The lowest BCUT2D eigenvalue weighted by Crippen LogP contribution is -1.92. The molecule has 0 fully saturated rings. The van der Waals surface area contributed by atoms with Gasteiger partial charge in [-0.05, 0) is 35.4 Å². The van der Waals surface area contributed by atoms with Crippen molar-refractivity contribution in [3.63, 3.8) is 0 Å². The molecule has 21 heavy (non-hydrogen) atoms. The maximum Gasteiger partial charge on any atom is 0.231 e. The molecule has 102 valence electrons. The number of hydrogen-bond donors (Lipinski definition) is 0. The number of fused-ring (bicyclic) bond motifs is 2. The lowest BCUT2D eigenvalue weighted by molar-refractivity contribution is 0.174. The van der Waals surface area contributed by atoms with Crippen LogP contribution in [0.1, 0.15) is 11.1 Å². The minimum Gasteiger partial charge on any atom is -0.454 e. The van der Waals surface area contributed by atoms with Gasteiger partial charge in [-0.15, -0.1) is 0 Å². The largest absolute Gasteiger partial charge is 0.454 e. The van der Waals surface area contributed by atoms with E-state index in [1.54, 1.807) is 0 Å². The highest BCUT2D eigenvalue weighted by molar-refractivity contribution is 5.82. The minimum absolute atomic E-state index is 0.303. The summed E-state index contributed by atoms with van der Waals surface area (Å²) >= 11 is 0. The fraction of sp³-hybridized carbons (Fsp3) is 0.0556. The Hall–Kier alpha value is -2.81. The first kappa shape index (κ1) is 12.0. The van der Waals surface area contributed by atoms with Gasteiger partial charge in [0.05, 0.1) is 5.52 Å². The molecule has 0 unspecified atom stereocenters. The van der Waals surface area contributed by atoms with Crippen LogP contribution < -0.4 is 9.47 Å². The quantitative estimate of drug-likeness (QED) is 0.704. The highest BCUT2D eigenvalue weighted by Crippen LogP contribution is 2.33. The van der Waals surface area contributed by atoms with Gasteiger partial charge < -0.3 is 9.47 Å². The third-order valence-corrected chi connectivity index (χ3v) is 3.48. The Morgan fingerprint density at radius 3 is 2.71 bits per heavy atom. The molecular formula is C18H13NO2. The molecule has 1 aliphatic rings. The highest BCUT2D eigenvalue weighted by Gasteiger charge is 2.12. The van der Waals surface area contributed by atoms with Crippen LogP contribution in [0.2, 0.25) is 0 Å². The molecule has 1 aliphatic heterocycles. The molecule has 0 spiro atoms. The third kappa shape index (κ3) is 2.34. The van der Waals surface area contributed by atoms with Crippen LogP contribution in [-0.2, 0) is 0 Å². The van der Waals surface area contributed by atoms with Gasteiger partial charge in [0.15, 0.2) is 11.5 Å². The first-order valence-corrected chi connectivity index (χ1v) is 6.81. The summed E-state index contributed by atoms with van der Waals surface area (Å²) in [4.78, 5) is 4.46. The summed E-state index contributed by atoms with van der Waals surface area (Å²) in [7, 11) is 0. The molecule has 1 aromatic heterocycles. The fourth-order valence-electron chi connectivity index (χ4n) is 2.39. The van der Waals surface area contributed by atoms with Gasteiger partial charge in [-0.25, -0.2) is 0 Å². The molecule has 0 atom stereocenters. The number of ether oxygens (including phenoxy) is 2. The average molecular weight is 275 g/mol. The maximum absolute atomic E-state index is 5.38. The number of rotatable bonds is 2. The third-order valence-electron chi connectivity index (χ3n) is 3.48. The number of hydrogen-bond acceptors (Lipinski definition) is 3. The number of aromatic nitrogens is 1. The summed E-state index contributed by atoms with van der Waals surface area (Å²) in [6, 6.07) is 16.2. The van der Waals surface area contributed by atoms with E-state index in [0.717, 1.165) is 33.5 Å². The van der Waals surface area contributed by atoms with E-state index >= 15 is 0 Å². The molecule has 0 amide bonds. The number of benzene rings is 2. The van der Waals surface area contributed by atoms with Crippen molar-refractivity contribution in [3.05, 3.63) is 65.9 Å². The van der Waals surface area contributed by atoms with Crippen LogP contribution in [0.5, 0.6) is 11.5 Å². The van der Waals surface area contributed by atoms with Crippen LogP contribution >= 0.6 is 0 Å². The van der Waals surface area contributed by atoms with Crippen LogP contribution in [0.15, 0.2) is 54.7 Å². The zero-order valence-corrected chi connectivity index (χ0v) is 11.3. The van der Waals surface area contributed by atoms with Crippen molar-refractivity contribution in [1.82, 2.24) is 4.98 Å².